The van der Waals surface area contributed by atoms with E-state index in [9.17, 15) is 8.42 Å². The van der Waals surface area contributed by atoms with Crippen molar-refractivity contribution in [3.8, 4) is 5.75 Å². The van der Waals surface area contributed by atoms with Crippen LogP contribution in [-0.2, 0) is 9.84 Å². The number of hydrogen-bond acceptors (Lipinski definition) is 4. The molecule has 1 rings (SSSR count). The number of nitrogens with one attached hydrogen (secondary N) is 1. The van der Waals surface area contributed by atoms with Crippen LogP contribution in [0.15, 0.2) is 29.2 Å². The van der Waals surface area contributed by atoms with Gasteiger partial charge in [0.1, 0.15) is 5.75 Å². The van der Waals surface area contributed by atoms with Gasteiger partial charge in [0.05, 0.1) is 11.5 Å². The highest BCUT2D eigenvalue weighted by Gasteiger charge is 2.19. The van der Waals surface area contributed by atoms with Gasteiger partial charge in [-0.1, -0.05) is 27.7 Å². The molecular weight excluding hydrogens is 286 g/mol. The fraction of sp³-hybridized carbons (Fsp3) is 0.625. The summed E-state index contributed by atoms with van der Waals surface area (Å²) in [6, 6.07) is 6.56. The predicted octanol–water partition coefficient (Wildman–Crippen LogP) is 2.74. The maximum atomic E-state index is 11.4. The molecule has 0 saturated heterocycles. The predicted molar refractivity (Wildman–Crippen MR) is 86.5 cm³/mol. The normalized spacial score (nSPS) is 12.7. The second kappa shape index (κ2) is 7.27. The van der Waals surface area contributed by atoms with Gasteiger partial charge in [-0.25, -0.2) is 8.42 Å². The van der Waals surface area contributed by atoms with Crippen molar-refractivity contribution in [2.45, 2.75) is 32.6 Å². The van der Waals surface area contributed by atoms with Crippen molar-refractivity contribution in [3.63, 3.8) is 0 Å². The summed E-state index contributed by atoms with van der Waals surface area (Å²) in [5.41, 5.74) is 0.0182. The van der Waals surface area contributed by atoms with E-state index >= 15 is 0 Å². The van der Waals surface area contributed by atoms with Gasteiger partial charge in [0.25, 0.3) is 0 Å². The maximum Gasteiger partial charge on any atom is 0.175 e. The molecule has 0 spiro atoms. The van der Waals surface area contributed by atoms with Gasteiger partial charge in [0.2, 0.25) is 0 Å². The smallest absolute Gasteiger partial charge is 0.175 e. The summed E-state index contributed by atoms with van der Waals surface area (Å²) in [6.45, 7) is 11.1. The summed E-state index contributed by atoms with van der Waals surface area (Å²) in [4.78, 5) is 0.313. The molecule has 120 valence electrons. The number of benzene rings is 1. The van der Waals surface area contributed by atoms with Gasteiger partial charge in [0, 0.05) is 18.2 Å². The Morgan fingerprint density at radius 1 is 1.19 bits per heavy atom. The standard InChI is InChI=1S/C16H27NO3S/c1-13(2)10-17-11-16(3,4)12-20-14-6-8-15(9-7-14)21(5,18)19/h6-9,13,17H,10-12H2,1-5H3. The highest BCUT2D eigenvalue weighted by Crippen LogP contribution is 2.20. The Bertz CT molecular complexity index is 533. The van der Waals surface area contributed by atoms with Crippen LogP contribution in [0.1, 0.15) is 27.7 Å². The van der Waals surface area contributed by atoms with E-state index in [2.05, 4.69) is 33.0 Å². The second-order valence-electron chi connectivity index (χ2n) is 6.72. The van der Waals surface area contributed by atoms with Crippen LogP contribution in [0.3, 0.4) is 0 Å². The van der Waals surface area contributed by atoms with Gasteiger partial charge >= 0.3 is 0 Å². The molecule has 0 aliphatic carbocycles. The lowest BCUT2D eigenvalue weighted by atomic mass is 9.94. The molecule has 0 aliphatic heterocycles. The highest BCUT2D eigenvalue weighted by atomic mass is 32.2. The van der Waals surface area contributed by atoms with E-state index in [0.717, 1.165) is 13.1 Å². The Hall–Kier alpha value is -1.07. The van der Waals surface area contributed by atoms with Gasteiger partial charge in [-0.05, 0) is 36.7 Å². The van der Waals surface area contributed by atoms with Gasteiger partial charge in [0.15, 0.2) is 9.84 Å². The van der Waals surface area contributed by atoms with E-state index in [0.29, 0.717) is 23.2 Å². The van der Waals surface area contributed by atoms with Gasteiger partial charge in [-0.15, -0.1) is 0 Å². The van der Waals surface area contributed by atoms with Crippen LogP contribution in [0.25, 0.3) is 0 Å². The molecule has 0 amide bonds. The molecule has 4 nitrogen and oxygen atoms in total. The van der Waals surface area contributed by atoms with Crippen molar-refractivity contribution >= 4 is 9.84 Å². The summed E-state index contributed by atoms with van der Waals surface area (Å²) in [5.74, 6) is 1.32. The molecule has 5 heteroatoms. The van der Waals surface area contributed by atoms with E-state index < -0.39 is 9.84 Å². The molecule has 0 bridgehead atoms. The number of hydrogen-bond donors (Lipinski definition) is 1. The largest absolute Gasteiger partial charge is 0.493 e. The summed E-state index contributed by atoms with van der Waals surface area (Å²) in [6.07, 6.45) is 1.20. The van der Waals surface area contributed by atoms with Crippen LogP contribution in [-0.4, -0.2) is 34.4 Å². The summed E-state index contributed by atoms with van der Waals surface area (Å²) in [7, 11) is -3.15. The highest BCUT2D eigenvalue weighted by molar-refractivity contribution is 7.90. The minimum atomic E-state index is -3.15. The van der Waals surface area contributed by atoms with Crippen molar-refractivity contribution in [2.75, 3.05) is 26.0 Å². The van der Waals surface area contributed by atoms with Crippen molar-refractivity contribution in [1.29, 1.82) is 0 Å². The lowest BCUT2D eigenvalue weighted by Gasteiger charge is -2.25. The number of rotatable bonds is 8. The molecule has 1 aromatic rings. The van der Waals surface area contributed by atoms with Crippen LogP contribution in [0.5, 0.6) is 5.75 Å². The zero-order valence-corrected chi connectivity index (χ0v) is 14.5. The second-order valence-corrected chi connectivity index (χ2v) is 8.74. The molecule has 1 N–H and O–H groups in total. The topological polar surface area (TPSA) is 55.4 Å². The molecule has 0 aliphatic rings. The van der Waals surface area contributed by atoms with Crippen LogP contribution in [0.4, 0.5) is 0 Å². The van der Waals surface area contributed by atoms with E-state index in [-0.39, 0.29) is 5.41 Å². The first-order valence-electron chi connectivity index (χ1n) is 7.24. The average molecular weight is 313 g/mol. The Kier molecular flexibility index (Phi) is 6.23. The molecule has 0 saturated carbocycles. The molecule has 1 aromatic carbocycles. The number of ether oxygens (including phenoxy) is 1. The molecule has 0 unspecified atom stereocenters. The summed E-state index contributed by atoms with van der Waals surface area (Å²) >= 11 is 0. The minimum absolute atomic E-state index is 0.0182. The van der Waals surface area contributed by atoms with Crippen LogP contribution in [0, 0.1) is 11.3 Å². The number of sulfone groups is 1. The fourth-order valence-corrected chi connectivity index (χ4v) is 2.44. The van der Waals surface area contributed by atoms with Crippen LogP contribution >= 0.6 is 0 Å². The van der Waals surface area contributed by atoms with Crippen LogP contribution in [0.2, 0.25) is 0 Å². The SMILES string of the molecule is CC(C)CNCC(C)(C)COc1ccc(S(C)(=O)=O)cc1. The van der Waals surface area contributed by atoms with E-state index in [4.69, 9.17) is 4.74 Å². The van der Waals surface area contributed by atoms with E-state index in [1.807, 2.05) is 0 Å². The third-order valence-corrected chi connectivity index (χ3v) is 4.17. The first-order valence-corrected chi connectivity index (χ1v) is 9.13. The Morgan fingerprint density at radius 2 is 1.76 bits per heavy atom. The lowest BCUT2D eigenvalue weighted by molar-refractivity contribution is 0.175. The van der Waals surface area contributed by atoms with Gasteiger partial charge < -0.3 is 10.1 Å². The third kappa shape index (κ3) is 6.96. The van der Waals surface area contributed by atoms with Crippen molar-refractivity contribution in [2.24, 2.45) is 11.3 Å². The molecule has 0 fully saturated rings. The third-order valence-electron chi connectivity index (χ3n) is 3.04. The monoisotopic (exact) mass is 313 g/mol. The van der Waals surface area contributed by atoms with Gasteiger partial charge in [-0.3, -0.25) is 0 Å². The maximum absolute atomic E-state index is 11.4. The first-order chi connectivity index (χ1) is 9.60. The van der Waals surface area contributed by atoms with E-state index in [1.165, 1.54) is 6.26 Å². The van der Waals surface area contributed by atoms with Crippen LogP contribution < -0.4 is 10.1 Å². The molecular formula is C16H27NO3S. The Balaban J connectivity index is 2.50. The Morgan fingerprint density at radius 3 is 2.24 bits per heavy atom. The molecule has 0 heterocycles. The summed E-state index contributed by atoms with van der Waals surface area (Å²) in [5, 5.41) is 3.43. The molecule has 21 heavy (non-hydrogen) atoms. The lowest BCUT2D eigenvalue weighted by Crippen LogP contribution is -2.35. The molecule has 0 aromatic heterocycles. The van der Waals surface area contributed by atoms with Crippen molar-refractivity contribution < 1.29 is 13.2 Å². The quantitative estimate of drug-likeness (QED) is 0.802. The fourth-order valence-electron chi connectivity index (χ4n) is 1.81. The van der Waals surface area contributed by atoms with Crippen molar-refractivity contribution in [3.05, 3.63) is 24.3 Å². The first kappa shape index (κ1) is 18.0. The molecule has 0 radical (unpaired) electrons. The van der Waals surface area contributed by atoms with Gasteiger partial charge in [-0.2, -0.15) is 0 Å². The average Bonchev–Trinajstić information content (AvgIpc) is 2.35. The van der Waals surface area contributed by atoms with E-state index in [1.54, 1.807) is 24.3 Å². The molecule has 0 atom stereocenters. The Labute approximate surface area is 128 Å². The minimum Gasteiger partial charge on any atom is -0.493 e. The zero-order chi connectivity index (χ0) is 16.1. The zero-order valence-electron chi connectivity index (χ0n) is 13.6. The summed E-state index contributed by atoms with van der Waals surface area (Å²) < 4.78 is 28.5. The van der Waals surface area contributed by atoms with Crippen molar-refractivity contribution in [1.82, 2.24) is 5.32 Å².